The summed E-state index contributed by atoms with van der Waals surface area (Å²) in [6.07, 6.45) is 14.8. The first-order valence-corrected chi connectivity index (χ1v) is 14.7. The number of hydrogen-bond acceptors (Lipinski definition) is 5. The quantitative estimate of drug-likeness (QED) is 0.152. The lowest BCUT2D eigenvalue weighted by Crippen LogP contribution is -2.37. The molecular weight excluding hydrogens is 549 g/mol. The Kier molecular flexibility index (Phi) is 16.8. The van der Waals surface area contributed by atoms with Crippen molar-refractivity contribution in [1.82, 2.24) is 5.32 Å². The van der Waals surface area contributed by atoms with Gasteiger partial charge in [-0.15, -0.1) is 0 Å². The molecule has 8 heteroatoms. The van der Waals surface area contributed by atoms with Crippen molar-refractivity contribution in [3.05, 3.63) is 93.5 Å². The highest BCUT2D eigenvalue weighted by Crippen LogP contribution is 2.30. The van der Waals surface area contributed by atoms with Crippen LogP contribution < -0.4 is 5.32 Å². The zero-order chi connectivity index (χ0) is 29.1. The maximum absolute atomic E-state index is 10.5. The molecular formula is C32H43Cl2NO5. The monoisotopic (exact) mass is 591 g/mol. The van der Waals surface area contributed by atoms with Crippen LogP contribution in [0.15, 0.2) is 72.3 Å². The summed E-state index contributed by atoms with van der Waals surface area (Å²) >= 11 is 11.1. The van der Waals surface area contributed by atoms with Crippen molar-refractivity contribution in [2.75, 3.05) is 39.5 Å². The van der Waals surface area contributed by atoms with E-state index in [1.54, 1.807) is 6.07 Å². The summed E-state index contributed by atoms with van der Waals surface area (Å²) < 4.78 is 5.75. The van der Waals surface area contributed by atoms with E-state index < -0.39 is 5.97 Å². The second-order valence-electron chi connectivity index (χ2n) is 10.1. The van der Waals surface area contributed by atoms with Crippen LogP contribution in [0.2, 0.25) is 10.0 Å². The van der Waals surface area contributed by atoms with Crippen molar-refractivity contribution in [2.45, 2.75) is 51.4 Å². The summed E-state index contributed by atoms with van der Waals surface area (Å²) in [7, 11) is 0. The molecule has 0 heterocycles. The van der Waals surface area contributed by atoms with Crippen LogP contribution in [0.5, 0.6) is 0 Å². The van der Waals surface area contributed by atoms with Crippen molar-refractivity contribution in [2.24, 2.45) is 5.41 Å². The number of carbonyl (C=O) groups is 1. The second kappa shape index (κ2) is 19.8. The van der Waals surface area contributed by atoms with Gasteiger partial charge in [-0.05, 0) is 68.3 Å². The zero-order valence-electron chi connectivity index (χ0n) is 23.2. The molecule has 6 nitrogen and oxygen atoms in total. The fraction of sp³-hybridized carbons (Fsp3) is 0.469. The molecule has 0 radical (unpaired) electrons. The van der Waals surface area contributed by atoms with Crippen LogP contribution >= 0.6 is 23.2 Å². The Bertz CT molecular complexity index is 1040. The van der Waals surface area contributed by atoms with Crippen molar-refractivity contribution in [3.8, 4) is 0 Å². The number of aromatic carboxylic acids is 1. The van der Waals surface area contributed by atoms with E-state index in [0.29, 0.717) is 0 Å². The Morgan fingerprint density at radius 1 is 0.900 bits per heavy atom. The molecule has 0 spiro atoms. The Morgan fingerprint density at radius 2 is 1.57 bits per heavy atom. The SMILES string of the molecule is O=C(O)c1c(Cl)cccc1Cl.OCC1=CC=CC(CO)(CNCCCCCCOCCCCc2ccccc2)C1. The van der Waals surface area contributed by atoms with Gasteiger partial charge in [-0.2, -0.15) is 0 Å². The minimum atomic E-state index is -1.11. The third-order valence-electron chi connectivity index (χ3n) is 6.77. The Balaban J connectivity index is 0.000000425. The minimum absolute atomic E-state index is 0.0455. The molecule has 2 aromatic rings. The van der Waals surface area contributed by atoms with Crippen LogP contribution in [0.25, 0.3) is 0 Å². The van der Waals surface area contributed by atoms with E-state index in [-0.39, 0.29) is 34.2 Å². The summed E-state index contributed by atoms with van der Waals surface area (Å²) in [5.41, 5.74) is 2.09. The van der Waals surface area contributed by atoms with Crippen LogP contribution in [-0.4, -0.2) is 60.8 Å². The summed E-state index contributed by atoms with van der Waals surface area (Å²) in [6, 6.07) is 15.2. The zero-order valence-corrected chi connectivity index (χ0v) is 24.7. The van der Waals surface area contributed by atoms with Crippen molar-refractivity contribution in [3.63, 3.8) is 0 Å². The highest BCUT2D eigenvalue weighted by molar-refractivity contribution is 6.39. The third kappa shape index (κ3) is 13.0. The lowest BCUT2D eigenvalue weighted by molar-refractivity contribution is 0.0697. The van der Waals surface area contributed by atoms with Crippen LogP contribution in [0, 0.1) is 5.41 Å². The largest absolute Gasteiger partial charge is 0.478 e. The van der Waals surface area contributed by atoms with Crippen molar-refractivity contribution < 1.29 is 24.9 Å². The summed E-state index contributed by atoms with van der Waals surface area (Å²) in [5, 5.41) is 31.5. The molecule has 0 aliphatic heterocycles. The molecule has 0 saturated heterocycles. The number of aliphatic hydroxyl groups is 2. The predicted octanol–water partition coefficient (Wildman–Crippen LogP) is 6.72. The fourth-order valence-corrected chi connectivity index (χ4v) is 5.04. The van der Waals surface area contributed by atoms with E-state index in [0.717, 1.165) is 64.0 Å². The van der Waals surface area contributed by atoms with Crippen LogP contribution in [0.3, 0.4) is 0 Å². The molecule has 0 bridgehead atoms. The van der Waals surface area contributed by atoms with E-state index in [9.17, 15) is 15.0 Å². The van der Waals surface area contributed by atoms with Gasteiger partial charge in [0.15, 0.2) is 0 Å². The van der Waals surface area contributed by atoms with Gasteiger partial charge in [0.1, 0.15) is 0 Å². The van der Waals surface area contributed by atoms with E-state index >= 15 is 0 Å². The normalized spacial score (nSPS) is 16.2. The first-order valence-electron chi connectivity index (χ1n) is 14.0. The van der Waals surface area contributed by atoms with Gasteiger partial charge < -0.3 is 25.4 Å². The fourth-order valence-electron chi connectivity index (χ4n) is 4.48. The molecule has 1 aliphatic carbocycles. The predicted molar refractivity (Wildman–Crippen MR) is 163 cm³/mol. The van der Waals surface area contributed by atoms with Gasteiger partial charge in [-0.3, -0.25) is 0 Å². The summed E-state index contributed by atoms with van der Waals surface area (Å²) in [6.45, 7) is 3.64. The topological polar surface area (TPSA) is 99.0 Å². The van der Waals surface area contributed by atoms with Crippen molar-refractivity contribution in [1.29, 1.82) is 0 Å². The average molecular weight is 593 g/mol. The number of rotatable bonds is 17. The molecule has 0 saturated carbocycles. The molecule has 3 rings (SSSR count). The van der Waals surface area contributed by atoms with Gasteiger partial charge >= 0.3 is 5.97 Å². The number of benzene rings is 2. The van der Waals surface area contributed by atoms with E-state index in [4.69, 9.17) is 33.0 Å². The smallest absolute Gasteiger partial charge is 0.338 e. The first kappa shape index (κ1) is 34.0. The van der Waals surface area contributed by atoms with Gasteiger partial charge in [0, 0.05) is 25.2 Å². The molecule has 0 amide bonds. The Morgan fingerprint density at radius 3 is 2.20 bits per heavy atom. The van der Waals surface area contributed by atoms with Crippen molar-refractivity contribution >= 4 is 29.2 Å². The highest BCUT2D eigenvalue weighted by atomic mass is 35.5. The van der Waals surface area contributed by atoms with Gasteiger partial charge in [0.25, 0.3) is 0 Å². The summed E-state index contributed by atoms with van der Waals surface area (Å²) in [4.78, 5) is 10.5. The van der Waals surface area contributed by atoms with Gasteiger partial charge in [-0.1, -0.05) is 90.7 Å². The number of unbranched alkanes of at least 4 members (excludes halogenated alkanes) is 4. The van der Waals surface area contributed by atoms with Gasteiger partial charge in [0.05, 0.1) is 28.8 Å². The number of nitrogens with one attached hydrogen (secondary N) is 1. The molecule has 40 heavy (non-hydrogen) atoms. The molecule has 1 atom stereocenters. The molecule has 220 valence electrons. The molecule has 0 aromatic heterocycles. The second-order valence-corrected chi connectivity index (χ2v) is 10.9. The Hall–Kier alpha value is -2.19. The maximum atomic E-state index is 10.5. The summed E-state index contributed by atoms with van der Waals surface area (Å²) in [5.74, 6) is -1.11. The number of aryl methyl sites for hydroxylation is 1. The lowest BCUT2D eigenvalue weighted by Gasteiger charge is -2.32. The van der Waals surface area contributed by atoms with E-state index in [1.165, 1.54) is 37.0 Å². The van der Waals surface area contributed by atoms with Crippen LogP contribution in [0.4, 0.5) is 0 Å². The number of ether oxygens (including phenoxy) is 1. The third-order valence-corrected chi connectivity index (χ3v) is 7.40. The maximum Gasteiger partial charge on any atom is 0.338 e. The van der Waals surface area contributed by atoms with E-state index in [2.05, 4.69) is 41.7 Å². The van der Waals surface area contributed by atoms with E-state index in [1.807, 2.05) is 12.2 Å². The molecule has 4 N–H and O–H groups in total. The standard InChI is InChI=1S/C25H39NO3.C7H4Cl2O2/c27-20-24-14-10-15-25(19-24,22-28)21-26-16-7-1-2-8-17-29-18-9-6-13-23-11-4-3-5-12-23;8-4-2-1-3-5(9)6(4)7(10)11/h3-5,10-12,14-15,26-28H,1-2,6-9,13,16-22H2;1-3H,(H,10,11). The lowest BCUT2D eigenvalue weighted by atomic mass is 9.79. The Labute approximate surface area is 248 Å². The van der Waals surface area contributed by atoms with Gasteiger partial charge in [-0.25, -0.2) is 4.79 Å². The molecule has 1 aliphatic rings. The number of carboxylic acids is 1. The molecule has 0 fully saturated rings. The van der Waals surface area contributed by atoms with Crippen LogP contribution in [-0.2, 0) is 11.2 Å². The average Bonchev–Trinajstić information content (AvgIpc) is 2.96. The number of aliphatic hydroxyl groups excluding tert-OH is 2. The highest BCUT2D eigenvalue weighted by Gasteiger charge is 2.28. The number of carboxylic acid groups (broad SMARTS) is 1. The number of halogens is 2. The number of allylic oxidation sites excluding steroid dienone is 2. The van der Waals surface area contributed by atoms with Crippen LogP contribution in [0.1, 0.15) is 60.9 Å². The first-order chi connectivity index (χ1) is 19.4. The van der Waals surface area contributed by atoms with Gasteiger partial charge in [0.2, 0.25) is 0 Å². The molecule has 2 aromatic carbocycles. The molecule has 1 unspecified atom stereocenters. The number of hydrogen-bond donors (Lipinski definition) is 4. The minimum Gasteiger partial charge on any atom is -0.478 e.